The second kappa shape index (κ2) is 6.28. The van der Waals surface area contributed by atoms with E-state index in [2.05, 4.69) is 24.4 Å². The molecule has 0 radical (unpaired) electrons. The molecule has 1 unspecified atom stereocenters. The minimum atomic E-state index is -0.799. The van der Waals surface area contributed by atoms with E-state index in [0.717, 1.165) is 13.0 Å². The van der Waals surface area contributed by atoms with Crippen LogP contribution >= 0.6 is 0 Å². The minimum absolute atomic E-state index is 0.453. The minimum Gasteiger partial charge on any atom is -0.480 e. The Balaban J connectivity index is 2.31. The SMILES string of the molecule is CC(CCN[C@@H](C)C(=O)O)c1ccccc1. The topological polar surface area (TPSA) is 49.3 Å². The summed E-state index contributed by atoms with van der Waals surface area (Å²) in [7, 11) is 0. The van der Waals surface area contributed by atoms with Gasteiger partial charge in [0.15, 0.2) is 0 Å². The molecule has 0 saturated heterocycles. The first kappa shape index (κ1) is 12.7. The van der Waals surface area contributed by atoms with Gasteiger partial charge in [-0.25, -0.2) is 0 Å². The maximum Gasteiger partial charge on any atom is 0.320 e. The summed E-state index contributed by atoms with van der Waals surface area (Å²) in [5.41, 5.74) is 1.30. The summed E-state index contributed by atoms with van der Waals surface area (Å²) in [6, 6.07) is 9.79. The average molecular weight is 221 g/mol. The molecular formula is C13H19NO2. The molecule has 0 aromatic heterocycles. The monoisotopic (exact) mass is 221 g/mol. The van der Waals surface area contributed by atoms with Crippen molar-refractivity contribution in [2.75, 3.05) is 6.54 Å². The first-order chi connectivity index (χ1) is 7.61. The Morgan fingerprint density at radius 2 is 1.94 bits per heavy atom. The standard InChI is InChI=1S/C13H19NO2/c1-10(12-6-4-3-5-7-12)8-9-14-11(2)13(15)16/h3-7,10-11,14H,8-9H2,1-2H3,(H,15,16)/t10?,11-/m0/s1. The predicted octanol–water partition coefficient (Wildman–Crippen LogP) is 2.24. The molecule has 0 aliphatic rings. The van der Waals surface area contributed by atoms with Crippen molar-refractivity contribution in [1.29, 1.82) is 0 Å². The Morgan fingerprint density at radius 3 is 2.50 bits per heavy atom. The summed E-state index contributed by atoms with van der Waals surface area (Å²) in [5.74, 6) is -0.345. The van der Waals surface area contributed by atoms with Crippen LogP contribution in [0.4, 0.5) is 0 Å². The van der Waals surface area contributed by atoms with Crippen LogP contribution in [0.2, 0.25) is 0 Å². The fourth-order valence-corrected chi connectivity index (χ4v) is 1.55. The highest BCUT2D eigenvalue weighted by Crippen LogP contribution is 2.17. The maximum absolute atomic E-state index is 10.6. The first-order valence-corrected chi connectivity index (χ1v) is 5.62. The van der Waals surface area contributed by atoms with E-state index in [1.54, 1.807) is 6.92 Å². The fraction of sp³-hybridized carbons (Fsp3) is 0.462. The lowest BCUT2D eigenvalue weighted by Crippen LogP contribution is -2.34. The zero-order valence-electron chi connectivity index (χ0n) is 9.81. The Bertz CT molecular complexity index is 324. The molecule has 0 amide bonds. The van der Waals surface area contributed by atoms with Crippen molar-refractivity contribution >= 4 is 5.97 Å². The molecule has 0 aliphatic heterocycles. The second-order valence-electron chi connectivity index (χ2n) is 4.11. The van der Waals surface area contributed by atoms with Crippen molar-refractivity contribution < 1.29 is 9.90 Å². The number of carbonyl (C=O) groups is 1. The first-order valence-electron chi connectivity index (χ1n) is 5.62. The Morgan fingerprint density at radius 1 is 1.31 bits per heavy atom. The van der Waals surface area contributed by atoms with Gasteiger partial charge in [0, 0.05) is 0 Å². The van der Waals surface area contributed by atoms with Crippen LogP contribution in [0.3, 0.4) is 0 Å². The van der Waals surface area contributed by atoms with Crippen LogP contribution < -0.4 is 5.32 Å². The van der Waals surface area contributed by atoms with Gasteiger partial charge in [0.2, 0.25) is 0 Å². The third kappa shape index (κ3) is 4.03. The van der Waals surface area contributed by atoms with E-state index in [4.69, 9.17) is 5.11 Å². The van der Waals surface area contributed by atoms with Crippen molar-refractivity contribution in [2.24, 2.45) is 0 Å². The number of hydrogen-bond acceptors (Lipinski definition) is 2. The smallest absolute Gasteiger partial charge is 0.320 e. The van der Waals surface area contributed by atoms with Gasteiger partial charge in [-0.2, -0.15) is 0 Å². The average Bonchev–Trinajstić information content (AvgIpc) is 2.29. The highest BCUT2D eigenvalue weighted by atomic mass is 16.4. The van der Waals surface area contributed by atoms with Crippen LogP contribution in [0.1, 0.15) is 31.7 Å². The van der Waals surface area contributed by atoms with Gasteiger partial charge in [-0.05, 0) is 31.4 Å². The summed E-state index contributed by atoms with van der Waals surface area (Å²) in [5, 5.41) is 11.7. The molecule has 1 rings (SSSR count). The van der Waals surface area contributed by atoms with Gasteiger partial charge in [-0.1, -0.05) is 37.3 Å². The molecule has 0 spiro atoms. The Hall–Kier alpha value is -1.35. The number of carboxylic acids is 1. The lowest BCUT2D eigenvalue weighted by molar-refractivity contribution is -0.138. The van der Waals surface area contributed by atoms with Crippen molar-refractivity contribution in [3.8, 4) is 0 Å². The van der Waals surface area contributed by atoms with Gasteiger partial charge >= 0.3 is 5.97 Å². The van der Waals surface area contributed by atoms with Crippen molar-refractivity contribution in [1.82, 2.24) is 5.32 Å². The molecule has 1 aromatic rings. The van der Waals surface area contributed by atoms with E-state index >= 15 is 0 Å². The third-order valence-corrected chi connectivity index (χ3v) is 2.77. The largest absolute Gasteiger partial charge is 0.480 e. The molecule has 3 nitrogen and oxygen atoms in total. The highest BCUT2D eigenvalue weighted by molar-refractivity contribution is 5.72. The molecule has 0 fully saturated rings. The molecule has 16 heavy (non-hydrogen) atoms. The highest BCUT2D eigenvalue weighted by Gasteiger charge is 2.10. The molecule has 0 aliphatic carbocycles. The van der Waals surface area contributed by atoms with E-state index in [1.807, 2.05) is 18.2 Å². The van der Waals surface area contributed by atoms with Crippen LogP contribution in [0.25, 0.3) is 0 Å². The molecule has 0 saturated carbocycles. The third-order valence-electron chi connectivity index (χ3n) is 2.77. The van der Waals surface area contributed by atoms with Crippen LogP contribution in [-0.4, -0.2) is 23.7 Å². The molecule has 3 heteroatoms. The molecule has 2 atom stereocenters. The quantitative estimate of drug-likeness (QED) is 0.774. The molecule has 1 aromatic carbocycles. The van der Waals surface area contributed by atoms with Gasteiger partial charge in [-0.15, -0.1) is 0 Å². The van der Waals surface area contributed by atoms with E-state index in [-0.39, 0.29) is 0 Å². The van der Waals surface area contributed by atoms with E-state index in [0.29, 0.717) is 5.92 Å². The Kier molecular flexibility index (Phi) is 4.99. The number of hydrogen-bond donors (Lipinski definition) is 2. The maximum atomic E-state index is 10.6. The number of aliphatic carboxylic acids is 1. The number of rotatable bonds is 6. The van der Waals surface area contributed by atoms with E-state index in [1.165, 1.54) is 5.56 Å². The van der Waals surface area contributed by atoms with Gasteiger partial charge in [0.05, 0.1) is 0 Å². The van der Waals surface area contributed by atoms with Crippen molar-refractivity contribution in [3.05, 3.63) is 35.9 Å². The van der Waals surface area contributed by atoms with Crippen molar-refractivity contribution in [2.45, 2.75) is 32.2 Å². The normalized spacial score (nSPS) is 14.4. The van der Waals surface area contributed by atoms with Crippen LogP contribution in [0.15, 0.2) is 30.3 Å². The summed E-state index contributed by atoms with van der Waals surface area (Å²) in [6.45, 7) is 4.54. The summed E-state index contributed by atoms with van der Waals surface area (Å²) < 4.78 is 0. The lowest BCUT2D eigenvalue weighted by Gasteiger charge is -2.14. The van der Waals surface area contributed by atoms with Crippen LogP contribution in [-0.2, 0) is 4.79 Å². The number of carboxylic acid groups (broad SMARTS) is 1. The van der Waals surface area contributed by atoms with E-state index < -0.39 is 12.0 Å². The van der Waals surface area contributed by atoms with Gasteiger partial charge < -0.3 is 10.4 Å². The van der Waals surface area contributed by atoms with Gasteiger partial charge in [0.25, 0.3) is 0 Å². The van der Waals surface area contributed by atoms with E-state index in [9.17, 15) is 4.79 Å². The van der Waals surface area contributed by atoms with Gasteiger partial charge in [-0.3, -0.25) is 4.79 Å². The fourth-order valence-electron chi connectivity index (χ4n) is 1.55. The second-order valence-corrected chi connectivity index (χ2v) is 4.11. The van der Waals surface area contributed by atoms with Crippen LogP contribution in [0, 0.1) is 0 Å². The van der Waals surface area contributed by atoms with Gasteiger partial charge in [0.1, 0.15) is 6.04 Å². The number of benzene rings is 1. The molecule has 2 N–H and O–H groups in total. The predicted molar refractivity (Wildman–Crippen MR) is 64.6 cm³/mol. The summed E-state index contributed by atoms with van der Waals surface area (Å²) in [4.78, 5) is 10.6. The zero-order valence-corrected chi connectivity index (χ0v) is 9.81. The molecule has 88 valence electrons. The number of nitrogens with one attached hydrogen (secondary N) is 1. The molecular weight excluding hydrogens is 202 g/mol. The zero-order chi connectivity index (χ0) is 12.0. The summed E-state index contributed by atoms with van der Waals surface area (Å²) >= 11 is 0. The van der Waals surface area contributed by atoms with Crippen molar-refractivity contribution in [3.63, 3.8) is 0 Å². The lowest BCUT2D eigenvalue weighted by atomic mass is 9.98. The molecule has 0 heterocycles. The molecule has 0 bridgehead atoms. The van der Waals surface area contributed by atoms with Crippen LogP contribution in [0.5, 0.6) is 0 Å². The Labute approximate surface area is 96.5 Å². The summed E-state index contributed by atoms with van der Waals surface area (Å²) in [6.07, 6.45) is 0.946.